The molecule has 2 rings (SSSR count). The molecule has 0 unspecified atom stereocenters. The Morgan fingerprint density at radius 3 is 2.38 bits per heavy atom. The maximum Gasteiger partial charge on any atom is 0.407 e. The van der Waals surface area contributed by atoms with E-state index < -0.39 is 11.7 Å². The quantitative estimate of drug-likeness (QED) is 0.846. The molecule has 0 atom stereocenters. The number of rotatable bonds is 5. The molecule has 1 heterocycles. The summed E-state index contributed by atoms with van der Waals surface area (Å²) in [4.78, 5) is 26.0. The van der Waals surface area contributed by atoms with Gasteiger partial charge in [-0.1, -0.05) is 12.1 Å². The maximum atomic E-state index is 12.6. The van der Waals surface area contributed by atoms with Gasteiger partial charge >= 0.3 is 6.09 Å². The summed E-state index contributed by atoms with van der Waals surface area (Å²) in [5.41, 5.74) is 1.52. The van der Waals surface area contributed by atoms with Crippen LogP contribution in [-0.4, -0.2) is 44.3 Å². The molecule has 26 heavy (non-hydrogen) atoms. The zero-order valence-corrected chi connectivity index (χ0v) is 16.3. The summed E-state index contributed by atoms with van der Waals surface area (Å²) >= 11 is 0. The first kappa shape index (κ1) is 20.2. The molecule has 1 aromatic rings. The molecule has 1 aliphatic heterocycles. The van der Waals surface area contributed by atoms with E-state index in [1.165, 1.54) is 0 Å². The second-order valence-electron chi connectivity index (χ2n) is 7.77. The summed E-state index contributed by atoms with van der Waals surface area (Å²) in [6, 6.07) is 7.92. The lowest BCUT2D eigenvalue weighted by atomic mass is 9.96. The van der Waals surface area contributed by atoms with Crippen molar-refractivity contribution in [3.63, 3.8) is 0 Å². The molecule has 0 spiro atoms. The molecule has 0 aliphatic carbocycles. The van der Waals surface area contributed by atoms with Gasteiger partial charge in [-0.3, -0.25) is 4.79 Å². The van der Waals surface area contributed by atoms with E-state index in [1.807, 2.05) is 52.1 Å². The van der Waals surface area contributed by atoms with Crippen molar-refractivity contribution in [1.82, 2.24) is 10.6 Å². The molecular weight excluding hydrogens is 330 g/mol. The lowest BCUT2D eigenvalue weighted by molar-refractivity contribution is -0.122. The van der Waals surface area contributed by atoms with Gasteiger partial charge in [-0.15, -0.1) is 0 Å². The fourth-order valence-electron chi connectivity index (χ4n) is 2.98. The Hall–Kier alpha value is -2.08. The Balaban J connectivity index is 1.81. The van der Waals surface area contributed by atoms with Crippen LogP contribution in [0.25, 0.3) is 0 Å². The van der Waals surface area contributed by atoms with E-state index in [1.54, 1.807) is 4.90 Å². The third-order valence-electron chi connectivity index (χ3n) is 4.42. The van der Waals surface area contributed by atoms with Gasteiger partial charge in [-0.05, 0) is 70.8 Å². The Morgan fingerprint density at radius 1 is 1.19 bits per heavy atom. The number of hydrogen-bond donors (Lipinski definition) is 2. The van der Waals surface area contributed by atoms with E-state index in [-0.39, 0.29) is 11.8 Å². The number of benzene rings is 1. The van der Waals surface area contributed by atoms with Crippen LogP contribution in [0.5, 0.6) is 0 Å². The first-order valence-corrected chi connectivity index (χ1v) is 9.30. The fourth-order valence-corrected chi connectivity index (χ4v) is 2.98. The van der Waals surface area contributed by atoms with Gasteiger partial charge in [0.1, 0.15) is 5.60 Å². The number of hydrogen-bond acceptors (Lipinski definition) is 4. The zero-order valence-electron chi connectivity index (χ0n) is 16.3. The normalized spacial score (nSPS) is 15.4. The largest absolute Gasteiger partial charge is 0.444 e. The van der Waals surface area contributed by atoms with Crippen molar-refractivity contribution in [2.24, 2.45) is 5.92 Å². The van der Waals surface area contributed by atoms with Crippen LogP contribution in [0.2, 0.25) is 0 Å². The van der Waals surface area contributed by atoms with Gasteiger partial charge in [0, 0.05) is 25.2 Å². The van der Waals surface area contributed by atoms with Crippen LogP contribution < -0.4 is 15.5 Å². The molecule has 2 amide bonds. The molecule has 0 bridgehead atoms. The van der Waals surface area contributed by atoms with Crippen molar-refractivity contribution < 1.29 is 14.3 Å². The number of ether oxygens (including phenoxy) is 1. The molecule has 6 heteroatoms. The summed E-state index contributed by atoms with van der Waals surface area (Å²) in [5.74, 6) is 0.296. The molecule has 1 aliphatic rings. The van der Waals surface area contributed by atoms with Crippen molar-refractivity contribution in [3.05, 3.63) is 29.8 Å². The second kappa shape index (κ2) is 9.03. The Labute approximate surface area is 156 Å². The first-order chi connectivity index (χ1) is 12.3. The first-order valence-electron chi connectivity index (χ1n) is 9.30. The molecular formula is C20H31N3O3. The van der Waals surface area contributed by atoms with Gasteiger partial charge in [-0.2, -0.15) is 0 Å². The number of piperidine rings is 1. The van der Waals surface area contributed by atoms with Gasteiger partial charge in [0.05, 0.1) is 0 Å². The Morgan fingerprint density at radius 2 is 1.81 bits per heavy atom. The van der Waals surface area contributed by atoms with E-state index >= 15 is 0 Å². The average Bonchev–Trinajstić information content (AvgIpc) is 2.60. The monoisotopic (exact) mass is 361 g/mol. The summed E-state index contributed by atoms with van der Waals surface area (Å²) in [7, 11) is 1.84. The van der Waals surface area contributed by atoms with Crippen LogP contribution in [0.15, 0.2) is 24.3 Å². The molecule has 0 saturated carbocycles. The van der Waals surface area contributed by atoms with Crippen molar-refractivity contribution in [2.45, 2.75) is 45.6 Å². The number of alkyl carbamates (subject to hydrolysis) is 1. The molecule has 1 aromatic carbocycles. The molecule has 1 saturated heterocycles. The van der Waals surface area contributed by atoms with Crippen LogP contribution >= 0.6 is 0 Å². The molecule has 2 N–H and O–H groups in total. The minimum Gasteiger partial charge on any atom is -0.444 e. The van der Waals surface area contributed by atoms with Crippen LogP contribution in [0, 0.1) is 5.92 Å². The third-order valence-corrected chi connectivity index (χ3v) is 4.42. The van der Waals surface area contributed by atoms with Gasteiger partial charge < -0.3 is 20.3 Å². The van der Waals surface area contributed by atoms with E-state index in [2.05, 4.69) is 10.6 Å². The highest BCUT2D eigenvalue weighted by molar-refractivity contribution is 5.94. The fraction of sp³-hybridized carbons (Fsp3) is 0.600. The van der Waals surface area contributed by atoms with Crippen molar-refractivity contribution >= 4 is 17.7 Å². The molecule has 1 fully saturated rings. The minimum absolute atomic E-state index is 0.110. The summed E-state index contributed by atoms with van der Waals surface area (Å²) in [5, 5.41) is 6.04. The summed E-state index contributed by atoms with van der Waals surface area (Å²) in [6.45, 7) is 7.85. The van der Waals surface area contributed by atoms with Crippen LogP contribution in [0.3, 0.4) is 0 Å². The summed E-state index contributed by atoms with van der Waals surface area (Å²) < 4.78 is 5.21. The third kappa shape index (κ3) is 6.33. The SMILES string of the molecule is CN(C(=O)C1CCNCC1)c1ccc(CCNC(=O)OC(C)(C)C)cc1. The zero-order chi connectivity index (χ0) is 19.2. The van der Waals surface area contributed by atoms with Crippen molar-refractivity contribution in [3.8, 4) is 0 Å². The van der Waals surface area contributed by atoms with Gasteiger partial charge in [0.2, 0.25) is 5.91 Å². The van der Waals surface area contributed by atoms with Gasteiger partial charge in [0.15, 0.2) is 0 Å². The molecule has 6 nitrogen and oxygen atoms in total. The van der Waals surface area contributed by atoms with E-state index in [0.717, 1.165) is 37.2 Å². The highest BCUT2D eigenvalue weighted by atomic mass is 16.6. The van der Waals surface area contributed by atoms with E-state index in [4.69, 9.17) is 4.74 Å². The van der Waals surface area contributed by atoms with Crippen molar-refractivity contribution in [1.29, 1.82) is 0 Å². The topological polar surface area (TPSA) is 70.7 Å². The standard InChI is InChI=1S/C20H31N3O3/c1-20(2,3)26-19(25)22-14-9-15-5-7-17(8-6-15)23(4)18(24)16-10-12-21-13-11-16/h5-8,16,21H,9-14H2,1-4H3,(H,22,25). The van der Waals surface area contributed by atoms with Crippen molar-refractivity contribution in [2.75, 3.05) is 31.6 Å². The van der Waals surface area contributed by atoms with E-state index in [9.17, 15) is 9.59 Å². The van der Waals surface area contributed by atoms with Gasteiger partial charge in [-0.25, -0.2) is 4.79 Å². The molecule has 144 valence electrons. The van der Waals surface area contributed by atoms with Crippen LogP contribution in [-0.2, 0) is 16.0 Å². The van der Waals surface area contributed by atoms with E-state index in [0.29, 0.717) is 13.0 Å². The lowest BCUT2D eigenvalue weighted by Gasteiger charge is -2.27. The number of anilines is 1. The number of carbonyl (C=O) groups excluding carboxylic acids is 2. The number of amides is 2. The predicted molar refractivity (Wildman–Crippen MR) is 103 cm³/mol. The molecule has 0 aromatic heterocycles. The second-order valence-corrected chi connectivity index (χ2v) is 7.77. The van der Waals surface area contributed by atoms with Gasteiger partial charge in [0.25, 0.3) is 0 Å². The Kier molecular flexibility index (Phi) is 7.03. The highest BCUT2D eigenvalue weighted by Crippen LogP contribution is 2.20. The highest BCUT2D eigenvalue weighted by Gasteiger charge is 2.24. The molecule has 0 radical (unpaired) electrons. The Bertz CT molecular complexity index is 602. The predicted octanol–water partition coefficient (Wildman–Crippen LogP) is 2.72. The lowest BCUT2D eigenvalue weighted by Crippen LogP contribution is -2.39. The maximum absolute atomic E-state index is 12.6. The van der Waals surface area contributed by atoms with Crippen LogP contribution in [0.4, 0.5) is 10.5 Å². The number of nitrogens with one attached hydrogen (secondary N) is 2. The van der Waals surface area contributed by atoms with Crippen LogP contribution in [0.1, 0.15) is 39.2 Å². The smallest absolute Gasteiger partial charge is 0.407 e. The number of nitrogens with zero attached hydrogens (tertiary/aromatic N) is 1. The average molecular weight is 361 g/mol. The minimum atomic E-state index is -0.489. The number of carbonyl (C=O) groups is 2. The summed E-state index contributed by atoms with van der Waals surface area (Å²) in [6.07, 6.45) is 2.11.